The number of nitrogens with one attached hydrogen (secondary N) is 1. The van der Waals surface area contributed by atoms with Gasteiger partial charge in [0, 0.05) is 24.8 Å². The molecule has 0 saturated heterocycles. The molecule has 0 fully saturated rings. The fourth-order valence-corrected chi connectivity index (χ4v) is 2.06. The lowest BCUT2D eigenvalue weighted by atomic mass is 10.1. The molecule has 1 N–H and O–H groups in total. The van der Waals surface area contributed by atoms with E-state index in [-0.39, 0.29) is 12.1 Å². The molecule has 0 heterocycles. The van der Waals surface area contributed by atoms with E-state index in [1.54, 1.807) is 14.2 Å². The Morgan fingerprint density at radius 1 is 1.20 bits per heavy atom. The molecule has 114 valence electrons. The van der Waals surface area contributed by atoms with E-state index < -0.39 is 0 Å². The highest BCUT2D eigenvalue weighted by atomic mass is 16.5. The number of hydrogen-bond acceptors (Lipinski definition) is 4. The summed E-state index contributed by atoms with van der Waals surface area (Å²) in [5, 5.41) is 3.48. The van der Waals surface area contributed by atoms with Gasteiger partial charge in [-0.1, -0.05) is 13.0 Å². The van der Waals surface area contributed by atoms with Gasteiger partial charge in [-0.05, 0) is 32.9 Å². The molecule has 0 saturated carbocycles. The standard InChI is InChI=1S/C16H27NO3/c1-6-9-17-13(3)15-8-7-14(19-5)10-16(15)20-12(2)11-18-4/h7-8,10,12-13,17H,6,9,11H2,1-5H3. The van der Waals surface area contributed by atoms with Crippen LogP contribution in [0, 0.1) is 0 Å². The zero-order valence-electron chi connectivity index (χ0n) is 13.2. The van der Waals surface area contributed by atoms with Gasteiger partial charge in [0.05, 0.1) is 13.7 Å². The van der Waals surface area contributed by atoms with E-state index >= 15 is 0 Å². The normalized spacial score (nSPS) is 13.8. The van der Waals surface area contributed by atoms with Gasteiger partial charge in [0.2, 0.25) is 0 Å². The van der Waals surface area contributed by atoms with E-state index in [0.717, 1.165) is 30.0 Å². The first kappa shape index (κ1) is 16.8. The summed E-state index contributed by atoms with van der Waals surface area (Å²) in [6, 6.07) is 6.20. The van der Waals surface area contributed by atoms with Crippen molar-refractivity contribution in [1.82, 2.24) is 5.32 Å². The Kier molecular flexibility index (Phi) is 7.41. The third-order valence-corrected chi connectivity index (χ3v) is 3.12. The van der Waals surface area contributed by atoms with Crippen LogP contribution in [0.25, 0.3) is 0 Å². The number of rotatable bonds is 9. The van der Waals surface area contributed by atoms with Crippen LogP contribution in [0.4, 0.5) is 0 Å². The van der Waals surface area contributed by atoms with E-state index in [4.69, 9.17) is 14.2 Å². The maximum atomic E-state index is 5.98. The molecule has 2 unspecified atom stereocenters. The van der Waals surface area contributed by atoms with E-state index in [1.165, 1.54) is 0 Å². The smallest absolute Gasteiger partial charge is 0.128 e. The summed E-state index contributed by atoms with van der Waals surface area (Å²) >= 11 is 0. The fraction of sp³-hybridized carbons (Fsp3) is 0.625. The lowest BCUT2D eigenvalue weighted by Gasteiger charge is -2.21. The Morgan fingerprint density at radius 3 is 2.55 bits per heavy atom. The Labute approximate surface area is 122 Å². The van der Waals surface area contributed by atoms with Crippen molar-refractivity contribution in [3.05, 3.63) is 23.8 Å². The number of hydrogen-bond donors (Lipinski definition) is 1. The molecule has 0 aliphatic carbocycles. The van der Waals surface area contributed by atoms with Gasteiger partial charge in [-0.15, -0.1) is 0 Å². The number of methoxy groups -OCH3 is 2. The van der Waals surface area contributed by atoms with Crippen molar-refractivity contribution in [3.63, 3.8) is 0 Å². The van der Waals surface area contributed by atoms with Crippen molar-refractivity contribution >= 4 is 0 Å². The second kappa shape index (κ2) is 8.82. The average Bonchev–Trinajstić information content (AvgIpc) is 2.44. The van der Waals surface area contributed by atoms with Crippen molar-refractivity contribution in [1.29, 1.82) is 0 Å². The minimum Gasteiger partial charge on any atom is -0.497 e. The van der Waals surface area contributed by atoms with E-state index in [9.17, 15) is 0 Å². The van der Waals surface area contributed by atoms with E-state index in [1.807, 2.05) is 19.1 Å². The molecule has 4 heteroatoms. The van der Waals surface area contributed by atoms with Crippen LogP contribution in [0.1, 0.15) is 38.8 Å². The first-order valence-electron chi connectivity index (χ1n) is 7.19. The fourth-order valence-electron chi connectivity index (χ4n) is 2.06. The highest BCUT2D eigenvalue weighted by Gasteiger charge is 2.14. The minimum absolute atomic E-state index is 0.00392. The Bertz CT molecular complexity index is 395. The monoisotopic (exact) mass is 281 g/mol. The molecule has 4 nitrogen and oxygen atoms in total. The summed E-state index contributed by atoms with van der Waals surface area (Å²) in [4.78, 5) is 0. The molecule has 1 aromatic rings. The highest BCUT2D eigenvalue weighted by molar-refractivity contribution is 5.42. The van der Waals surface area contributed by atoms with Crippen LogP contribution in [0.15, 0.2) is 18.2 Å². The summed E-state index contributed by atoms with van der Waals surface area (Å²) in [6.45, 7) is 7.85. The number of benzene rings is 1. The topological polar surface area (TPSA) is 39.7 Å². The van der Waals surface area contributed by atoms with Crippen LogP contribution in [0.5, 0.6) is 11.5 Å². The zero-order chi connectivity index (χ0) is 15.0. The predicted octanol–water partition coefficient (Wildman–Crippen LogP) is 3.17. The van der Waals surface area contributed by atoms with Gasteiger partial charge in [-0.3, -0.25) is 0 Å². The van der Waals surface area contributed by atoms with Crippen molar-refractivity contribution in [3.8, 4) is 11.5 Å². The third kappa shape index (κ3) is 5.02. The quantitative estimate of drug-likeness (QED) is 0.754. The van der Waals surface area contributed by atoms with Gasteiger partial charge in [0.25, 0.3) is 0 Å². The maximum absolute atomic E-state index is 5.98. The van der Waals surface area contributed by atoms with Crippen molar-refractivity contribution in [2.24, 2.45) is 0 Å². The molecule has 0 aliphatic rings. The van der Waals surface area contributed by atoms with Crippen LogP contribution in [-0.4, -0.2) is 33.5 Å². The Balaban J connectivity index is 2.90. The third-order valence-electron chi connectivity index (χ3n) is 3.12. The van der Waals surface area contributed by atoms with Crippen molar-refractivity contribution in [2.75, 3.05) is 27.4 Å². The average molecular weight is 281 g/mol. The van der Waals surface area contributed by atoms with Crippen LogP contribution in [0.2, 0.25) is 0 Å². The lowest BCUT2D eigenvalue weighted by molar-refractivity contribution is 0.0909. The molecule has 1 aromatic carbocycles. The van der Waals surface area contributed by atoms with Crippen LogP contribution >= 0.6 is 0 Å². The molecule has 0 aromatic heterocycles. The predicted molar refractivity (Wildman–Crippen MR) is 81.7 cm³/mol. The van der Waals surface area contributed by atoms with Gasteiger partial charge in [-0.25, -0.2) is 0 Å². The molecule has 2 atom stereocenters. The molecule has 0 spiro atoms. The van der Waals surface area contributed by atoms with Gasteiger partial charge in [-0.2, -0.15) is 0 Å². The maximum Gasteiger partial charge on any atom is 0.128 e. The highest BCUT2D eigenvalue weighted by Crippen LogP contribution is 2.30. The summed E-state index contributed by atoms with van der Waals surface area (Å²) in [5.74, 6) is 1.65. The van der Waals surface area contributed by atoms with Gasteiger partial charge in [0.1, 0.15) is 17.6 Å². The van der Waals surface area contributed by atoms with E-state index in [0.29, 0.717) is 6.61 Å². The molecule has 0 amide bonds. The summed E-state index contributed by atoms with van der Waals surface area (Å²) in [7, 11) is 3.34. The molecule has 1 rings (SSSR count). The molecule has 0 aliphatic heterocycles. The first-order valence-corrected chi connectivity index (χ1v) is 7.19. The molecule has 20 heavy (non-hydrogen) atoms. The molecule has 0 radical (unpaired) electrons. The summed E-state index contributed by atoms with van der Waals surface area (Å²) in [6.07, 6.45) is 1.11. The lowest BCUT2D eigenvalue weighted by Crippen LogP contribution is -2.23. The van der Waals surface area contributed by atoms with Gasteiger partial charge >= 0.3 is 0 Å². The number of ether oxygens (including phenoxy) is 3. The van der Waals surface area contributed by atoms with Gasteiger partial charge in [0.15, 0.2) is 0 Å². The van der Waals surface area contributed by atoms with Crippen molar-refractivity contribution in [2.45, 2.75) is 39.3 Å². The molecular weight excluding hydrogens is 254 g/mol. The first-order chi connectivity index (χ1) is 9.62. The molecule has 0 bridgehead atoms. The Hall–Kier alpha value is -1.26. The van der Waals surface area contributed by atoms with Crippen LogP contribution in [-0.2, 0) is 4.74 Å². The largest absolute Gasteiger partial charge is 0.497 e. The zero-order valence-corrected chi connectivity index (χ0v) is 13.2. The second-order valence-electron chi connectivity index (χ2n) is 4.96. The summed E-state index contributed by atoms with van der Waals surface area (Å²) < 4.78 is 16.4. The van der Waals surface area contributed by atoms with E-state index in [2.05, 4.69) is 25.2 Å². The molecular formula is C16H27NO3. The van der Waals surface area contributed by atoms with Gasteiger partial charge < -0.3 is 19.5 Å². The van der Waals surface area contributed by atoms with Crippen molar-refractivity contribution < 1.29 is 14.2 Å². The minimum atomic E-state index is 0.00392. The van der Waals surface area contributed by atoms with Crippen LogP contribution in [0.3, 0.4) is 0 Å². The Morgan fingerprint density at radius 2 is 1.95 bits per heavy atom. The van der Waals surface area contributed by atoms with Crippen LogP contribution < -0.4 is 14.8 Å². The summed E-state index contributed by atoms with van der Waals surface area (Å²) in [5.41, 5.74) is 1.14. The SMILES string of the molecule is CCCNC(C)c1ccc(OC)cc1OC(C)COC. The second-order valence-corrected chi connectivity index (χ2v) is 4.96.